The minimum absolute atomic E-state index is 0.0370. The summed E-state index contributed by atoms with van der Waals surface area (Å²) in [7, 11) is 1.54. The van der Waals surface area contributed by atoms with Gasteiger partial charge in [-0.1, -0.05) is 41.9 Å². The fourth-order valence-corrected chi connectivity index (χ4v) is 4.26. The number of nitrogens with zero attached hydrogens (tertiary/aromatic N) is 2. The van der Waals surface area contributed by atoms with Crippen molar-refractivity contribution in [3.05, 3.63) is 59.1 Å². The molecular formula is C22H24ClN3O4. The number of amides is 3. The van der Waals surface area contributed by atoms with E-state index in [1.165, 1.54) is 0 Å². The summed E-state index contributed by atoms with van der Waals surface area (Å²) in [6.07, 6.45) is 1.10. The standard InChI is InChI=1S/C22H24ClN3O4/c1-29-20-8-7-16(23)13-18(20)24-21(27)25-11-9-17(10-12-25)26-19(14-30-22(26)28)15-5-3-2-4-6-15/h2-8,13,17,19H,9-12,14H2,1H3,(H,24,27)/t19-/m0/s1. The summed E-state index contributed by atoms with van der Waals surface area (Å²) in [5.41, 5.74) is 1.60. The number of piperidine rings is 1. The number of carbonyl (C=O) groups is 2. The average molecular weight is 430 g/mol. The van der Waals surface area contributed by atoms with E-state index in [0.717, 1.165) is 5.56 Å². The third-order valence-electron chi connectivity index (χ3n) is 5.64. The van der Waals surface area contributed by atoms with Gasteiger partial charge in [0.2, 0.25) is 0 Å². The van der Waals surface area contributed by atoms with E-state index in [1.54, 1.807) is 30.2 Å². The molecule has 1 N–H and O–H groups in total. The molecule has 2 aromatic carbocycles. The Labute approximate surface area is 180 Å². The summed E-state index contributed by atoms with van der Waals surface area (Å²) >= 11 is 6.04. The van der Waals surface area contributed by atoms with Crippen molar-refractivity contribution in [2.24, 2.45) is 0 Å². The first-order valence-electron chi connectivity index (χ1n) is 9.96. The topological polar surface area (TPSA) is 71.1 Å². The Morgan fingerprint density at radius 2 is 1.90 bits per heavy atom. The highest BCUT2D eigenvalue weighted by molar-refractivity contribution is 6.31. The molecule has 4 rings (SSSR count). The van der Waals surface area contributed by atoms with Crippen LogP contribution in [0.3, 0.4) is 0 Å². The molecule has 2 aromatic rings. The molecule has 0 saturated carbocycles. The quantitative estimate of drug-likeness (QED) is 0.774. The maximum atomic E-state index is 12.7. The number of halogens is 1. The summed E-state index contributed by atoms with van der Waals surface area (Å²) in [6.45, 7) is 1.45. The molecule has 2 heterocycles. The van der Waals surface area contributed by atoms with Crippen molar-refractivity contribution in [2.75, 3.05) is 32.1 Å². The van der Waals surface area contributed by atoms with E-state index in [0.29, 0.717) is 49.0 Å². The van der Waals surface area contributed by atoms with Gasteiger partial charge in [-0.15, -0.1) is 0 Å². The van der Waals surface area contributed by atoms with Crippen molar-refractivity contribution in [3.8, 4) is 5.75 Å². The number of anilines is 1. The SMILES string of the molecule is COc1ccc(Cl)cc1NC(=O)N1CCC(N2C(=O)OC[C@H]2c2ccccc2)CC1. The van der Waals surface area contributed by atoms with Crippen LogP contribution in [0, 0.1) is 0 Å². The Bertz CT molecular complexity index is 916. The van der Waals surface area contributed by atoms with Crippen LogP contribution in [0.1, 0.15) is 24.4 Å². The first kappa shape index (κ1) is 20.3. The van der Waals surface area contributed by atoms with E-state index in [1.807, 2.05) is 35.2 Å². The number of hydrogen-bond donors (Lipinski definition) is 1. The molecule has 0 aliphatic carbocycles. The second kappa shape index (κ2) is 8.83. The number of benzene rings is 2. The molecule has 158 valence electrons. The Kier molecular flexibility index (Phi) is 5.99. The van der Waals surface area contributed by atoms with E-state index in [4.69, 9.17) is 21.1 Å². The van der Waals surface area contributed by atoms with Gasteiger partial charge in [0.15, 0.2) is 0 Å². The van der Waals surface area contributed by atoms with Gasteiger partial charge in [-0.2, -0.15) is 0 Å². The number of urea groups is 1. The third kappa shape index (κ3) is 4.16. The number of methoxy groups -OCH3 is 1. The molecule has 0 radical (unpaired) electrons. The highest BCUT2D eigenvalue weighted by Gasteiger charge is 2.40. The predicted molar refractivity (Wildman–Crippen MR) is 114 cm³/mol. The van der Waals surface area contributed by atoms with E-state index in [-0.39, 0.29) is 24.2 Å². The first-order chi connectivity index (χ1) is 14.6. The summed E-state index contributed by atoms with van der Waals surface area (Å²) in [4.78, 5) is 28.7. The predicted octanol–water partition coefficient (Wildman–Crippen LogP) is 4.54. The van der Waals surface area contributed by atoms with Gasteiger partial charge < -0.3 is 19.7 Å². The number of cyclic esters (lactones) is 1. The second-order valence-corrected chi connectivity index (χ2v) is 7.84. The lowest BCUT2D eigenvalue weighted by Crippen LogP contribution is -2.48. The average Bonchev–Trinajstić information content (AvgIpc) is 3.16. The Morgan fingerprint density at radius 3 is 2.60 bits per heavy atom. The molecule has 2 aliphatic rings. The number of likely N-dealkylation sites (tertiary alicyclic amines) is 1. The summed E-state index contributed by atoms with van der Waals surface area (Å²) < 4.78 is 10.6. The molecule has 8 heteroatoms. The smallest absolute Gasteiger partial charge is 0.410 e. The van der Waals surface area contributed by atoms with Crippen molar-refractivity contribution in [1.82, 2.24) is 9.80 Å². The van der Waals surface area contributed by atoms with Crippen LogP contribution in [-0.2, 0) is 4.74 Å². The summed E-state index contributed by atoms with van der Waals surface area (Å²) in [5.74, 6) is 0.549. The molecule has 30 heavy (non-hydrogen) atoms. The van der Waals surface area contributed by atoms with Crippen molar-refractivity contribution in [2.45, 2.75) is 24.9 Å². The van der Waals surface area contributed by atoms with Crippen LogP contribution in [0.5, 0.6) is 5.75 Å². The van der Waals surface area contributed by atoms with Gasteiger partial charge in [0, 0.05) is 24.2 Å². The van der Waals surface area contributed by atoms with Crippen LogP contribution in [0.15, 0.2) is 48.5 Å². The van der Waals surface area contributed by atoms with Crippen LogP contribution in [0.2, 0.25) is 5.02 Å². The van der Waals surface area contributed by atoms with Crippen molar-refractivity contribution in [3.63, 3.8) is 0 Å². The molecule has 2 saturated heterocycles. The van der Waals surface area contributed by atoms with Crippen molar-refractivity contribution < 1.29 is 19.1 Å². The van der Waals surface area contributed by atoms with Gasteiger partial charge in [0.25, 0.3) is 0 Å². The molecule has 7 nitrogen and oxygen atoms in total. The lowest BCUT2D eigenvalue weighted by molar-refractivity contribution is 0.116. The number of hydrogen-bond acceptors (Lipinski definition) is 4. The number of ether oxygens (including phenoxy) is 2. The molecule has 0 unspecified atom stereocenters. The van der Waals surface area contributed by atoms with E-state index >= 15 is 0 Å². The zero-order chi connectivity index (χ0) is 21.1. The fourth-order valence-electron chi connectivity index (χ4n) is 4.09. The van der Waals surface area contributed by atoms with Crippen LogP contribution >= 0.6 is 11.6 Å². The van der Waals surface area contributed by atoms with Crippen LogP contribution < -0.4 is 10.1 Å². The molecule has 1 atom stereocenters. The first-order valence-corrected chi connectivity index (χ1v) is 10.3. The van der Waals surface area contributed by atoms with Crippen molar-refractivity contribution >= 4 is 29.4 Å². The van der Waals surface area contributed by atoms with Gasteiger partial charge in [0.05, 0.1) is 18.8 Å². The maximum absolute atomic E-state index is 12.7. The van der Waals surface area contributed by atoms with Gasteiger partial charge in [0.1, 0.15) is 12.4 Å². The Balaban J connectivity index is 1.39. The van der Waals surface area contributed by atoms with Crippen LogP contribution in [0.4, 0.5) is 15.3 Å². The zero-order valence-electron chi connectivity index (χ0n) is 16.7. The number of rotatable bonds is 4. The van der Waals surface area contributed by atoms with Gasteiger partial charge in [-0.3, -0.25) is 4.90 Å². The fraction of sp³-hybridized carbons (Fsp3) is 0.364. The largest absolute Gasteiger partial charge is 0.495 e. The second-order valence-electron chi connectivity index (χ2n) is 7.40. The molecule has 2 aliphatic heterocycles. The minimum atomic E-state index is -0.282. The van der Waals surface area contributed by atoms with Crippen LogP contribution in [-0.4, -0.2) is 54.8 Å². The molecule has 3 amide bonds. The maximum Gasteiger partial charge on any atom is 0.410 e. The number of nitrogens with one attached hydrogen (secondary N) is 1. The number of carbonyl (C=O) groups excluding carboxylic acids is 2. The lowest BCUT2D eigenvalue weighted by Gasteiger charge is -2.37. The highest BCUT2D eigenvalue weighted by atomic mass is 35.5. The Morgan fingerprint density at radius 1 is 1.17 bits per heavy atom. The summed E-state index contributed by atoms with van der Waals surface area (Å²) in [5, 5.41) is 3.39. The van der Waals surface area contributed by atoms with Crippen molar-refractivity contribution in [1.29, 1.82) is 0 Å². The van der Waals surface area contributed by atoms with E-state index < -0.39 is 0 Å². The van der Waals surface area contributed by atoms with E-state index in [9.17, 15) is 9.59 Å². The molecular weight excluding hydrogens is 406 g/mol. The van der Waals surface area contributed by atoms with Gasteiger partial charge >= 0.3 is 12.1 Å². The molecule has 0 spiro atoms. The monoisotopic (exact) mass is 429 g/mol. The summed E-state index contributed by atoms with van der Waals surface area (Å²) in [6, 6.07) is 14.7. The molecule has 0 bridgehead atoms. The van der Waals surface area contributed by atoms with Gasteiger partial charge in [-0.05, 0) is 36.6 Å². The third-order valence-corrected chi connectivity index (χ3v) is 5.88. The van der Waals surface area contributed by atoms with E-state index in [2.05, 4.69) is 5.32 Å². The molecule has 2 fully saturated rings. The molecule has 0 aromatic heterocycles. The van der Waals surface area contributed by atoms with Gasteiger partial charge in [-0.25, -0.2) is 9.59 Å². The normalized spacial score (nSPS) is 19.5. The van der Waals surface area contributed by atoms with Crippen LogP contribution in [0.25, 0.3) is 0 Å². The Hall–Kier alpha value is -2.93. The minimum Gasteiger partial charge on any atom is -0.495 e. The zero-order valence-corrected chi connectivity index (χ0v) is 17.5. The highest BCUT2D eigenvalue weighted by Crippen LogP contribution is 2.33. The lowest BCUT2D eigenvalue weighted by atomic mass is 9.99.